The first-order valence-corrected chi connectivity index (χ1v) is 8.10. The van der Waals surface area contributed by atoms with Gasteiger partial charge in [0, 0.05) is 25.0 Å². The van der Waals surface area contributed by atoms with E-state index in [0.29, 0.717) is 6.61 Å². The predicted molar refractivity (Wildman–Crippen MR) is 97.2 cm³/mol. The van der Waals surface area contributed by atoms with E-state index in [1.807, 2.05) is 24.3 Å². The van der Waals surface area contributed by atoms with E-state index in [1.54, 1.807) is 6.08 Å². The number of imidazole rings is 1. The largest absolute Gasteiger partial charge is 0.490 e. The van der Waals surface area contributed by atoms with Crippen LogP contribution < -0.4 is 4.74 Å². The summed E-state index contributed by atoms with van der Waals surface area (Å²) < 4.78 is 7.65. The number of aryl methyl sites for hydroxylation is 1. The fourth-order valence-corrected chi connectivity index (χ4v) is 2.77. The smallest absolute Gasteiger partial charge is 0.137 e. The van der Waals surface area contributed by atoms with Gasteiger partial charge in [0.2, 0.25) is 0 Å². The van der Waals surface area contributed by atoms with Gasteiger partial charge in [0.25, 0.3) is 0 Å². The minimum Gasteiger partial charge on any atom is -0.490 e. The lowest BCUT2D eigenvalue weighted by Crippen LogP contribution is -2.17. The fraction of sp³-hybridized carbons (Fsp3) is 0.250. The highest BCUT2D eigenvalue weighted by molar-refractivity contribution is 5.41. The van der Waals surface area contributed by atoms with Crippen molar-refractivity contribution in [1.82, 2.24) is 14.3 Å². The molecule has 0 saturated carbocycles. The third-order valence-corrected chi connectivity index (χ3v) is 3.92. The molecular formula is C20H23N3O. The summed E-state index contributed by atoms with van der Waals surface area (Å²) in [6.07, 6.45) is 3.87. The van der Waals surface area contributed by atoms with Crippen molar-refractivity contribution in [2.75, 3.05) is 13.7 Å². The number of rotatable bonds is 7. The van der Waals surface area contributed by atoms with E-state index in [2.05, 4.69) is 54.2 Å². The maximum Gasteiger partial charge on any atom is 0.137 e. The summed E-state index contributed by atoms with van der Waals surface area (Å²) >= 11 is 0. The molecule has 0 aliphatic rings. The second-order valence-electron chi connectivity index (χ2n) is 6.04. The van der Waals surface area contributed by atoms with Crippen LogP contribution in [0.3, 0.4) is 0 Å². The Labute approximate surface area is 143 Å². The van der Waals surface area contributed by atoms with Crippen LogP contribution in [0.25, 0.3) is 5.65 Å². The zero-order chi connectivity index (χ0) is 16.9. The number of nitrogens with zero attached hydrogens (tertiary/aromatic N) is 3. The third kappa shape index (κ3) is 3.84. The van der Waals surface area contributed by atoms with Crippen molar-refractivity contribution in [2.24, 2.45) is 0 Å². The van der Waals surface area contributed by atoms with Gasteiger partial charge in [0.1, 0.15) is 18.0 Å². The summed E-state index contributed by atoms with van der Waals surface area (Å²) in [5, 5.41) is 0. The summed E-state index contributed by atoms with van der Waals surface area (Å²) in [5.74, 6) is 0.872. The van der Waals surface area contributed by atoms with Gasteiger partial charge in [-0.05, 0) is 43.8 Å². The van der Waals surface area contributed by atoms with Crippen LogP contribution in [0.15, 0.2) is 61.3 Å². The van der Waals surface area contributed by atoms with E-state index < -0.39 is 0 Å². The van der Waals surface area contributed by atoms with E-state index in [-0.39, 0.29) is 0 Å². The molecule has 0 saturated heterocycles. The lowest BCUT2D eigenvalue weighted by molar-refractivity contribution is 0.315. The molecule has 0 atom stereocenters. The van der Waals surface area contributed by atoms with Crippen molar-refractivity contribution in [3.05, 3.63) is 78.3 Å². The number of hydrogen-bond donors (Lipinski definition) is 0. The summed E-state index contributed by atoms with van der Waals surface area (Å²) in [4.78, 5) is 6.96. The Morgan fingerprint density at radius 3 is 2.67 bits per heavy atom. The highest BCUT2D eigenvalue weighted by Crippen LogP contribution is 2.15. The molecule has 2 heterocycles. The zero-order valence-electron chi connectivity index (χ0n) is 14.3. The van der Waals surface area contributed by atoms with Gasteiger partial charge in [0.05, 0.1) is 5.69 Å². The van der Waals surface area contributed by atoms with Gasteiger partial charge in [-0.2, -0.15) is 0 Å². The molecule has 124 valence electrons. The maximum absolute atomic E-state index is 5.51. The van der Waals surface area contributed by atoms with Crippen LogP contribution in [0, 0.1) is 6.92 Å². The number of fused-ring (bicyclic) bond motifs is 1. The minimum atomic E-state index is 0.534. The topological polar surface area (TPSA) is 29.8 Å². The molecule has 0 unspecified atom stereocenters. The Kier molecular flexibility index (Phi) is 4.96. The minimum absolute atomic E-state index is 0.534. The SMILES string of the molecule is C=CCOc1ccc(CN(C)Cc2cn3c(C)cccc3n2)cc1. The maximum atomic E-state index is 5.51. The Hall–Kier alpha value is -2.59. The number of hydrogen-bond acceptors (Lipinski definition) is 3. The summed E-state index contributed by atoms with van der Waals surface area (Å²) in [6.45, 7) is 7.97. The lowest BCUT2D eigenvalue weighted by atomic mass is 10.2. The molecule has 0 aliphatic heterocycles. The third-order valence-electron chi connectivity index (χ3n) is 3.92. The lowest BCUT2D eigenvalue weighted by Gasteiger charge is -2.15. The van der Waals surface area contributed by atoms with Gasteiger partial charge < -0.3 is 9.14 Å². The first kappa shape index (κ1) is 16.3. The molecule has 3 aromatic rings. The fourth-order valence-electron chi connectivity index (χ4n) is 2.77. The van der Waals surface area contributed by atoms with Crippen molar-refractivity contribution < 1.29 is 4.74 Å². The quantitative estimate of drug-likeness (QED) is 0.619. The first-order valence-electron chi connectivity index (χ1n) is 8.10. The number of pyridine rings is 1. The van der Waals surface area contributed by atoms with Gasteiger partial charge in [-0.15, -0.1) is 0 Å². The van der Waals surface area contributed by atoms with Crippen LogP contribution in [0.5, 0.6) is 5.75 Å². The Morgan fingerprint density at radius 1 is 1.17 bits per heavy atom. The second-order valence-corrected chi connectivity index (χ2v) is 6.04. The Morgan fingerprint density at radius 2 is 1.96 bits per heavy atom. The Bertz CT molecular complexity index is 821. The van der Waals surface area contributed by atoms with Crippen LogP contribution in [-0.2, 0) is 13.1 Å². The average Bonchev–Trinajstić information content (AvgIpc) is 2.98. The van der Waals surface area contributed by atoms with Crippen LogP contribution >= 0.6 is 0 Å². The molecule has 4 nitrogen and oxygen atoms in total. The van der Waals surface area contributed by atoms with Gasteiger partial charge >= 0.3 is 0 Å². The normalized spacial score (nSPS) is 11.1. The summed E-state index contributed by atoms with van der Waals surface area (Å²) in [7, 11) is 2.11. The van der Waals surface area contributed by atoms with E-state index in [4.69, 9.17) is 9.72 Å². The van der Waals surface area contributed by atoms with E-state index in [9.17, 15) is 0 Å². The molecule has 0 fully saturated rings. The molecular weight excluding hydrogens is 298 g/mol. The summed E-state index contributed by atoms with van der Waals surface area (Å²) in [6, 6.07) is 14.4. The number of ether oxygens (including phenoxy) is 1. The predicted octanol–water partition coefficient (Wildman–Crippen LogP) is 3.84. The van der Waals surface area contributed by atoms with Crippen LogP contribution in [0.1, 0.15) is 17.0 Å². The molecule has 2 aromatic heterocycles. The van der Waals surface area contributed by atoms with Crippen molar-refractivity contribution in [1.29, 1.82) is 0 Å². The molecule has 0 N–H and O–H groups in total. The van der Waals surface area contributed by atoms with E-state index in [0.717, 1.165) is 30.2 Å². The molecule has 24 heavy (non-hydrogen) atoms. The monoisotopic (exact) mass is 321 g/mol. The molecule has 0 amide bonds. The van der Waals surface area contributed by atoms with Crippen molar-refractivity contribution in [2.45, 2.75) is 20.0 Å². The number of aromatic nitrogens is 2. The van der Waals surface area contributed by atoms with Crippen LogP contribution in [-0.4, -0.2) is 27.9 Å². The molecule has 1 aromatic carbocycles. The van der Waals surface area contributed by atoms with Crippen LogP contribution in [0.2, 0.25) is 0 Å². The van der Waals surface area contributed by atoms with Crippen molar-refractivity contribution >= 4 is 5.65 Å². The van der Waals surface area contributed by atoms with Crippen molar-refractivity contribution in [3.8, 4) is 5.75 Å². The van der Waals surface area contributed by atoms with Crippen LogP contribution in [0.4, 0.5) is 0 Å². The van der Waals surface area contributed by atoms with E-state index >= 15 is 0 Å². The first-order chi connectivity index (χ1) is 11.7. The highest BCUT2D eigenvalue weighted by atomic mass is 16.5. The highest BCUT2D eigenvalue weighted by Gasteiger charge is 2.07. The zero-order valence-corrected chi connectivity index (χ0v) is 14.3. The van der Waals surface area contributed by atoms with Gasteiger partial charge in [-0.3, -0.25) is 4.90 Å². The molecule has 3 rings (SSSR count). The second kappa shape index (κ2) is 7.32. The molecule has 0 radical (unpaired) electrons. The molecule has 0 spiro atoms. The van der Waals surface area contributed by atoms with E-state index in [1.165, 1.54) is 11.3 Å². The number of benzene rings is 1. The van der Waals surface area contributed by atoms with Gasteiger partial charge in [-0.25, -0.2) is 4.98 Å². The average molecular weight is 321 g/mol. The van der Waals surface area contributed by atoms with Gasteiger partial charge in [0.15, 0.2) is 0 Å². The molecule has 4 heteroatoms. The standard InChI is InChI=1S/C20H23N3O/c1-4-12-24-19-10-8-17(9-11-19)13-22(3)14-18-15-23-16(2)6-5-7-20(23)21-18/h4-11,15H,1,12-14H2,2-3H3. The van der Waals surface area contributed by atoms with Gasteiger partial charge in [-0.1, -0.05) is 30.9 Å². The Balaban J connectivity index is 1.62. The molecule has 0 aliphatic carbocycles. The molecule has 0 bridgehead atoms. The van der Waals surface area contributed by atoms with Crippen molar-refractivity contribution in [3.63, 3.8) is 0 Å². The summed E-state index contributed by atoms with van der Waals surface area (Å²) in [5.41, 5.74) is 4.53.